The van der Waals surface area contributed by atoms with Crippen LogP contribution >= 0.6 is 0 Å². The maximum atomic E-state index is 10.6. The number of benzene rings is 1. The summed E-state index contributed by atoms with van der Waals surface area (Å²) >= 11 is 0. The lowest BCUT2D eigenvalue weighted by Gasteiger charge is -2.03. The monoisotopic (exact) mass is 226 g/mol. The van der Waals surface area contributed by atoms with Crippen LogP contribution in [0.4, 0.5) is 4.79 Å². The Bertz CT molecular complexity index is 409. The van der Waals surface area contributed by atoms with Gasteiger partial charge < -0.3 is 15.3 Å². The van der Waals surface area contributed by atoms with Crippen molar-refractivity contribution in [2.24, 2.45) is 10.9 Å². The van der Waals surface area contributed by atoms with E-state index in [9.17, 15) is 15.0 Å². The van der Waals surface area contributed by atoms with Gasteiger partial charge >= 0.3 is 6.03 Å². The smallest absolute Gasteiger partial charge is 0.349 e. The number of phenols is 3. The third kappa shape index (κ3) is 2.75. The number of hydrogen-bond donors (Lipinski definition) is 6. The van der Waals surface area contributed by atoms with Crippen LogP contribution in [-0.2, 0) is 0 Å². The number of carbonyl (C=O) groups is 1. The second-order valence-corrected chi connectivity index (χ2v) is 2.74. The Labute approximate surface area is 90.0 Å². The van der Waals surface area contributed by atoms with Gasteiger partial charge in [0.25, 0.3) is 0 Å². The minimum Gasteiger partial charge on any atom is -0.508 e. The first-order valence-electron chi connectivity index (χ1n) is 4.09. The highest BCUT2D eigenvalue weighted by Gasteiger charge is 2.07. The molecule has 0 aromatic heterocycles. The van der Waals surface area contributed by atoms with E-state index < -0.39 is 6.03 Å². The van der Waals surface area contributed by atoms with Crippen molar-refractivity contribution in [3.05, 3.63) is 17.7 Å². The van der Waals surface area contributed by atoms with E-state index in [0.717, 1.165) is 18.3 Å². The summed E-state index contributed by atoms with van der Waals surface area (Å²) in [5.74, 6) is 3.71. The molecule has 2 amide bonds. The molecule has 1 aromatic carbocycles. The number of amides is 2. The Morgan fingerprint density at radius 2 is 1.88 bits per heavy atom. The molecule has 1 aromatic rings. The number of nitrogens with one attached hydrogen (secondary N) is 2. The molecule has 8 heteroatoms. The Kier molecular flexibility index (Phi) is 3.51. The zero-order chi connectivity index (χ0) is 12.1. The molecule has 7 N–H and O–H groups in total. The molecule has 8 nitrogen and oxygen atoms in total. The Morgan fingerprint density at radius 3 is 2.38 bits per heavy atom. The lowest BCUT2D eigenvalue weighted by Crippen LogP contribution is -2.37. The van der Waals surface area contributed by atoms with E-state index in [-0.39, 0.29) is 22.8 Å². The van der Waals surface area contributed by atoms with Gasteiger partial charge in [-0.05, 0) is 0 Å². The predicted octanol–water partition coefficient (Wildman–Crippen LogP) is -0.690. The van der Waals surface area contributed by atoms with Gasteiger partial charge in [-0.2, -0.15) is 5.10 Å². The van der Waals surface area contributed by atoms with Crippen LogP contribution in [0.1, 0.15) is 5.56 Å². The van der Waals surface area contributed by atoms with Crippen LogP contribution in [0.15, 0.2) is 17.2 Å². The number of hydrazone groups is 1. The summed E-state index contributed by atoms with van der Waals surface area (Å²) in [5.41, 5.74) is 3.67. The molecule has 16 heavy (non-hydrogen) atoms. The van der Waals surface area contributed by atoms with Crippen molar-refractivity contribution >= 4 is 12.2 Å². The normalized spacial score (nSPS) is 10.3. The molecule has 0 radical (unpaired) electrons. The van der Waals surface area contributed by atoms with Crippen molar-refractivity contribution in [3.63, 3.8) is 0 Å². The van der Waals surface area contributed by atoms with E-state index in [2.05, 4.69) is 5.10 Å². The van der Waals surface area contributed by atoms with Crippen molar-refractivity contribution in [2.45, 2.75) is 0 Å². The van der Waals surface area contributed by atoms with E-state index in [1.165, 1.54) is 0 Å². The number of hydrogen-bond acceptors (Lipinski definition) is 6. The summed E-state index contributed by atoms with van der Waals surface area (Å²) in [6.07, 6.45) is 0.999. The number of phenolic OH excluding ortho intramolecular Hbond substituents is 3. The highest BCUT2D eigenvalue weighted by molar-refractivity contribution is 5.88. The van der Waals surface area contributed by atoms with Crippen molar-refractivity contribution in [3.8, 4) is 17.2 Å². The lowest BCUT2D eigenvalue weighted by molar-refractivity contribution is 0.241. The minimum absolute atomic E-state index is 0.0462. The second kappa shape index (κ2) is 4.84. The number of hydrazine groups is 1. The number of carbonyl (C=O) groups excluding carboxylic acids is 1. The molecular weight excluding hydrogens is 216 g/mol. The molecule has 0 bridgehead atoms. The number of aromatic hydroxyl groups is 3. The average molecular weight is 226 g/mol. The first kappa shape index (κ1) is 11.6. The minimum atomic E-state index is -0.756. The number of nitrogens with zero attached hydrogens (tertiary/aromatic N) is 1. The quantitative estimate of drug-likeness (QED) is 0.171. The zero-order valence-electron chi connectivity index (χ0n) is 8.01. The fraction of sp³-hybridized carbons (Fsp3) is 0. The summed E-state index contributed by atoms with van der Waals surface area (Å²) in [7, 11) is 0. The fourth-order valence-electron chi connectivity index (χ4n) is 0.929. The Balaban J connectivity index is 2.85. The van der Waals surface area contributed by atoms with Gasteiger partial charge in [-0.3, -0.25) is 5.43 Å². The van der Waals surface area contributed by atoms with Gasteiger partial charge in [-0.15, -0.1) is 0 Å². The number of nitrogens with two attached hydrogens (primary N) is 1. The van der Waals surface area contributed by atoms with Crippen LogP contribution in [0.5, 0.6) is 17.2 Å². The molecular formula is C8H10N4O4. The van der Waals surface area contributed by atoms with Gasteiger partial charge in [0.1, 0.15) is 17.2 Å². The summed E-state index contributed by atoms with van der Waals surface area (Å²) < 4.78 is 0. The second-order valence-electron chi connectivity index (χ2n) is 2.74. The molecule has 0 aliphatic rings. The van der Waals surface area contributed by atoms with Gasteiger partial charge in [-0.1, -0.05) is 0 Å². The summed E-state index contributed by atoms with van der Waals surface area (Å²) in [4.78, 5) is 10.6. The summed E-state index contributed by atoms with van der Waals surface area (Å²) in [6.45, 7) is 0. The van der Waals surface area contributed by atoms with E-state index >= 15 is 0 Å². The predicted molar refractivity (Wildman–Crippen MR) is 54.9 cm³/mol. The van der Waals surface area contributed by atoms with Crippen LogP contribution in [0.3, 0.4) is 0 Å². The number of rotatable bonds is 2. The Morgan fingerprint density at radius 1 is 1.31 bits per heavy atom. The summed E-state index contributed by atoms with van der Waals surface area (Å²) in [5, 5.41) is 31.1. The third-order valence-electron chi connectivity index (χ3n) is 1.61. The largest absolute Gasteiger partial charge is 0.508 e. The molecule has 0 saturated carbocycles. The van der Waals surface area contributed by atoms with Crippen LogP contribution in [0, 0.1) is 0 Å². The topological polar surface area (TPSA) is 140 Å². The van der Waals surface area contributed by atoms with Crippen molar-refractivity contribution < 1.29 is 20.1 Å². The van der Waals surface area contributed by atoms with Crippen molar-refractivity contribution in [2.75, 3.05) is 0 Å². The van der Waals surface area contributed by atoms with Crippen LogP contribution < -0.4 is 16.7 Å². The average Bonchev–Trinajstić information content (AvgIpc) is 2.21. The standard InChI is InChI=1S/C8H10N4O4/c9-11-8(16)12-10-3-5-6(14)1-4(13)2-7(5)15/h1-3,13-15H,9H2,(H2,11,12,16)/b10-3+. The molecule has 0 aliphatic heterocycles. The molecule has 0 atom stereocenters. The van der Waals surface area contributed by atoms with E-state index in [1.807, 2.05) is 5.43 Å². The molecule has 86 valence electrons. The van der Waals surface area contributed by atoms with E-state index in [4.69, 9.17) is 10.9 Å². The molecule has 1 rings (SSSR count). The lowest BCUT2D eigenvalue weighted by atomic mass is 10.2. The Hall–Kier alpha value is -2.48. The molecule has 0 aliphatic carbocycles. The fourth-order valence-corrected chi connectivity index (χ4v) is 0.929. The van der Waals surface area contributed by atoms with E-state index in [1.54, 1.807) is 5.43 Å². The van der Waals surface area contributed by atoms with Crippen molar-refractivity contribution in [1.82, 2.24) is 10.9 Å². The van der Waals surface area contributed by atoms with E-state index in [0.29, 0.717) is 0 Å². The molecule has 0 fully saturated rings. The van der Waals surface area contributed by atoms with Crippen molar-refractivity contribution in [1.29, 1.82) is 0 Å². The highest BCUT2D eigenvalue weighted by atomic mass is 16.3. The van der Waals surface area contributed by atoms with Gasteiger partial charge in [0.05, 0.1) is 11.8 Å². The molecule has 0 spiro atoms. The first-order chi connectivity index (χ1) is 7.54. The zero-order valence-corrected chi connectivity index (χ0v) is 8.01. The number of urea groups is 1. The first-order valence-corrected chi connectivity index (χ1v) is 4.09. The van der Waals surface area contributed by atoms with Gasteiger partial charge in [-0.25, -0.2) is 16.1 Å². The summed E-state index contributed by atoms with van der Waals surface area (Å²) in [6, 6.07) is 1.28. The SMILES string of the molecule is NNC(=O)N/N=C/c1c(O)cc(O)cc1O. The maximum Gasteiger partial charge on any atom is 0.349 e. The highest BCUT2D eigenvalue weighted by Crippen LogP contribution is 2.30. The van der Waals surface area contributed by atoms with Crippen LogP contribution in [0.25, 0.3) is 0 Å². The maximum absolute atomic E-state index is 10.6. The van der Waals surface area contributed by atoms with Crippen LogP contribution in [-0.4, -0.2) is 27.6 Å². The molecule has 0 saturated heterocycles. The van der Waals surface area contributed by atoms with Gasteiger partial charge in [0.2, 0.25) is 0 Å². The van der Waals surface area contributed by atoms with Gasteiger partial charge in [0.15, 0.2) is 0 Å². The van der Waals surface area contributed by atoms with Gasteiger partial charge in [0, 0.05) is 12.1 Å². The molecule has 0 unspecified atom stereocenters. The molecule has 0 heterocycles. The third-order valence-corrected chi connectivity index (χ3v) is 1.61. The van der Waals surface area contributed by atoms with Crippen LogP contribution in [0.2, 0.25) is 0 Å².